The predicted octanol–water partition coefficient (Wildman–Crippen LogP) is 3.33. The highest BCUT2D eigenvalue weighted by atomic mass is 16.6. The molecule has 0 unspecified atom stereocenters. The molecule has 0 radical (unpaired) electrons. The van der Waals surface area contributed by atoms with Crippen LogP contribution >= 0.6 is 0 Å². The van der Waals surface area contributed by atoms with Crippen LogP contribution in [0.15, 0.2) is 42.5 Å². The van der Waals surface area contributed by atoms with Gasteiger partial charge in [0.2, 0.25) is 0 Å². The van der Waals surface area contributed by atoms with Crippen LogP contribution in [-0.2, 0) is 4.74 Å². The van der Waals surface area contributed by atoms with Gasteiger partial charge in [-0.1, -0.05) is 6.07 Å². The first-order chi connectivity index (χ1) is 11.4. The van der Waals surface area contributed by atoms with Crippen molar-refractivity contribution < 1.29 is 19.2 Å². The minimum atomic E-state index is -0.500. The molecule has 24 heavy (non-hydrogen) atoms. The van der Waals surface area contributed by atoms with Crippen LogP contribution < -0.4 is 5.32 Å². The minimum Gasteiger partial charge on any atom is -0.462 e. The number of hydrogen-bond acceptors (Lipinski definition) is 5. The molecule has 7 heteroatoms. The number of carbonyl (C=O) groups excluding carboxylic acids is 2. The van der Waals surface area contributed by atoms with E-state index in [0.29, 0.717) is 22.4 Å². The molecular weight excluding hydrogens is 312 g/mol. The summed E-state index contributed by atoms with van der Waals surface area (Å²) in [5.41, 5.74) is 1.40. The second-order valence-electron chi connectivity index (χ2n) is 5.01. The van der Waals surface area contributed by atoms with Gasteiger partial charge in [0.1, 0.15) is 0 Å². The van der Waals surface area contributed by atoms with Crippen LogP contribution in [0.1, 0.15) is 33.2 Å². The summed E-state index contributed by atoms with van der Waals surface area (Å²) in [6.45, 7) is 3.54. The van der Waals surface area contributed by atoms with Gasteiger partial charge in [0.05, 0.1) is 17.1 Å². The molecule has 0 saturated carbocycles. The van der Waals surface area contributed by atoms with Crippen LogP contribution in [0.4, 0.5) is 11.4 Å². The third-order valence-corrected chi connectivity index (χ3v) is 3.29. The molecule has 7 nitrogen and oxygen atoms in total. The first-order valence-electron chi connectivity index (χ1n) is 7.26. The topological polar surface area (TPSA) is 98.5 Å². The maximum Gasteiger partial charge on any atom is 0.338 e. The molecule has 0 aromatic heterocycles. The van der Waals surface area contributed by atoms with E-state index in [1.165, 1.54) is 24.3 Å². The number of carbonyl (C=O) groups is 2. The Kier molecular flexibility index (Phi) is 5.26. The van der Waals surface area contributed by atoms with Gasteiger partial charge in [0, 0.05) is 22.9 Å². The second-order valence-corrected chi connectivity index (χ2v) is 5.01. The number of amides is 1. The lowest BCUT2D eigenvalue weighted by molar-refractivity contribution is -0.385. The van der Waals surface area contributed by atoms with Crippen molar-refractivity contribution in [1.29, 1.82) is 0 Å². The van der Waals surface area contributed by atoms with Gasteiger partial charge in [-0.15, -0.1) is 0 Å². The molecule has 1 amide bonds. The zero-order valence-electron chi connectivity index (χ0n) is 13.2. The summed E-state index contributed by atoms with van der Waals surface area (Å²) in [6, 6.07) is 10.5. The monoisotopic (exact) mass is 328 g/mol. The van der Waals surface area contributed by atoms with E-state index in [1.807, 2.05) is 0 Å². The molecular formula is C17H16N2O5. The van der Waals surface area contributed by atoms with E-state index in [2.05, 4.69) is 5.32 Å². The number of nitro benzene ring substituents is 1. The predicted molar refractivity (Wildman–Crippen MR) is 88.2 cm³/mol. The molecule has 2 rings (SSSR count). The van der Waals surface area contributed by atoms with Crippen molar-refractivity contribution in [2.75, 3.05) is 11.9 Å². The van der Waals surface area contributed by atoms with Gasteiger partial charge >= 0.3 is 5.97 Å². The van der Waals surface area contributed by atoms with E-state index >= 15 is 0 Å². The molecule has 2 aromatic rings. The summed E-state index contributed by atoms with van der Waals surface area (Å²) >= 11 is 0. The average molecular weight is 328 g/mol. The smallest absolute Gasteiger partial charge is 0.338 e. The molecule has 2 aromatic carbocycles. The molecule has 0 bridgehead atoms. The quantitative estimate of drug-likeness (QED) is 0.515. The number of ether oxygens (including phenoxy) is 1. The van der Waals surface area contributed by atoms with Gasteiger partial charge < -0.3 is 10.1 Å². The van der Waals surface area contributed by atoms with Crippen molar-refractivity contribution in [1.82, 2.24) is 0 Å². The van der Waals surface area contributed by atoms with Crippen molar-refractivity contribution >= 4 is 23.3 Å². The highest BCUT2D eigenvalue weighted by Gasteiger charge is 2.14. The Morgan fingerprint density at radius 1 is 1.17 bits per heavy atom. The number of aryl methyl sites for hydroxylation is 1. The van der Waals surface area contributed by atoms with Crippen molar-refractivity contribution in [3.63, 3.8) is 0 Å². The highest BCUT2D eigenvalue weighted by Crippen LogP contribution is 2.20. The average Bonchev–Trinajstić information content (AvgIpc) is 2.54. The number of benzene rings is 2. The van der Waals surface area contributed by atoms with Gasteiger partial charge in [0.25, 0.3) is 11.6 Å². The van der Waals surface area contributed by atoms with E-state index in [-0.39, 0.29) is 12.3 Å². The lowest BCUT2D eigenvalue weighted by Crippen LogP contribution is -2.13. The van der Waals surface area contributed by atoms with Crippen molar-refractivity contribution in [2.45, 2.75) is 13.8 Å². The third-order valence-electron chi connectivity index (χ3n) is 3.29. The Hall–Kier alpha value is -3.22. The van der Waals surface area contributed by atoms with E-state index in [1.54, 1.807) is 32.0 Å². The first kappa shape index (κ1) is 17.1. The number of nitrogens with one attached hydrogen (secondary N) is 1. The third kappa shape index (κ3) is 3.95. The number of rotatable bonds is 5. The molecule has 0 fully saturated rings. The summed E-state index contributed by atoms with van der Waals surface area (Å²) in [7, 11) is 0. The largest absolute Gasteiger partial charge is 0.462 e. The molecule has 0 aliphatic heterocycles. The lowest BCUT2D eigenvalue weighted by atomic mass is 10.1. The zero-order valence-corrected chi connectivity index (χ0v) is 13.2. The van der Waals surface area contributed by atoms with E-state index in [9.17, 15) is 19.7 Å². The number of nitrogens with zero attached hydrogens (tertiary/aromatic N) is 1. The van der Waals surface area contributed by atoms with Gasteiger partial charge in [-0.05, 0) is 44.2 Å². The fourth-order valence-electron chi connectivity index (χ4n) is 2.14. The number of hydrogen-bond donors (Lipinski definition) is 1. The Balaban J connectivity index is 2.18. The Morgan fingerprint density at radius 2 is 1.92 bits per heavy atom. The SMILES string of the molecule is CCOC(=O)c1cccc(NC(=O)c2ccc([N+](=O)[O-])c(C)c2)c1. The molecule has 1 N–H and O–H groups in total. The fourth-order valence-corrected chi connectivity index (χ4v) is 2.14. The zero-order chi connectivity index (χ0) is 17.7. The van der Waals surface area contributed by atoms with Crippen molar-refractivity contribution in [2.24, 2.45) is 0 Å². The molecule has 0 saturated heterocycles. The van der Waals surface area contributed by atoms with Crippen LogP contribution in [0, 0.1) is 17.0 Å². The molecule has 0 aliphatic rings. The van der Waals surface area contributed by atoms with E-state index in [0.717, 1.165) is 0 Å². The normalized spacial score (nSPS) is 10.1. The number of esters is 1. The Morgan fingerprint density at radius 3 is 2.54 bits per heavy atom. The lowest BCUT2D eigenvalue weighted by Gasteiger charge is -2.08. The molecule has 0 atom stereocenters. The van der Waals surface area contributed by atoms with Gasteiger partial charge in [-0.3, -0.25) is 14.9 Å². The first-order valence-corrected chi connectivity index (χ1v) is 7.26. The van der Waals surface area contributed by atoms with E-state index < -0.39 is 16.8 Å². The maximum atomic E-state index is 12.3. The minimum absolute atomic E-state index is 0.0455. The van der Waals surface area contributed by atoms with Crippen LogP contribution in [0.3, 0.4) is 0 Å². The Labute approximate surface area is 138 Å². The second kappa shape index (κ2) is 7.36. The highest BCUT2D eigenvalue weighted by molar-refractivity contribution is 6.05. The van der Waals surface area contributed by atoms with Gasteiger partial charge in [-0.25, -0.2) is 4.79 Å². The summed E-state index contributed by atoms with van der Waals surface area (Å²) in [4.78, 5) is 34.3. The maximum absolute atomic E-state index is 12.3. The van der Waals surface area contributed by atoms with Crippen molar-refractivity contribution in [3.05, 3.63) is 69.3 Å². The van der Waals surface area contributed by atoms with Crippen LogP contribution in [0.5, 0.6) is 0 Å². The standard InChI is InChI=1S/C17H16N2O5/c1-3-24-17(21)13-5-4-6-14(10-13)18-16(20)12-7-8-15(19(22)23)11(2)9-12/h4-10H,3H2,1-2H3,(H,18,20). The van der Waals surface area contributed by atoms with Crippen LogP contribution in [0.25, 0.3) is 0 Å². The van der Waals surface area contributed by atoms with Crippen LogP contribution in [0.2, 0.25) is 0 Å². The summed E-state index contributed by atoms with van der Waals surface area (Å²) in [6.07, 6.45) is 0. The summed E-state index contributed by atoms with van der Waals surface area (Å²) in [5, 5.41) is 13.5. The van der Waals surface area contributed by atoms with E-state index in [4.69, 9.17) is 4.74 Å². The molecule has 0 heterocycles. The molecule has 0 aliphatic carbocycles. The van der Waals surface area contributed by atoms with Crippen LogP contribution in [-0.4, -0.2) is 23.4 Å². The molecule has 0 spiro atoms. The summed E-state index contributed by atoms with van der Waals surface area (Å²) < 4.78 is 4.91. The number of anilines is 1. The fraction of sp³-hybridized carbons (Fsp3) is 0.176. The summed E-state index contributed by atoms with van der Waals surface area (Å²) in [5.74, 6) is -0.895. The van der Waals surface area contributed by atoms with Gasteiger partial charge in [0.15, 0.2) is 0 Å². The Bertz CT molecular complexity index is 801. The van der Waals surface area contributed by atoms with Crippen molar-refractivity contribution in [3.8, 4) is 0 Å². The van der Waals surface area contributed by atoms with Gasteiger partial charge in [-0.2, -0.15) is 0 Å². The number of nitro groups is 1. The molecule has 124 valence electrons.